The number of hydrogen-bond acceptors (Lipinski definition) is 7. The van der Waals surface area contributed by atoms with E-state index in [-0.39, 0.29) is 6.42 Å². The molecular weight excluding hydrogens is 565 g/mol. The summed E-state index contributed by atoms with van der Waals surface area (Å²) in [6.45, 7) is 1.20. The molecular formula is C28H45N5O8P+. The Balaban J connectivity index is 1.77. The van der Waals surface area contributed by atoms with Gasteiger partial charge in [-0.1, -0.05) is 56.0 Å². The number of hydrogen-bond donors (Lipinski definition) is 6. The fourth-order valence-electron chi connectivity index (χ4n) is 4.69. The van der Waals surface area contributed by atoms with Gasteiger partial charge in [-0.05, 0) is 31.7 Å². The highest BCUT2D eigenvalue weighted by Crippen LogP contribution is 2.39. The number of phosphoric ester groups is 1. The second kappa shape index (κ2) is 17.9. The molecule has 4 atom stereocenters. The number of Topliss-reactive ketones (excluding diaryl/α,β-unsaturated/α-hetero) is 1. The van der Waals surface area contributed by atoms with Crippen molar-refractivity contribution in [1.29, 1.82) is 0 Å². The number of nitrogens with two attached hydrogens (primary N) is 1. The molecule has 0 bridgehead atoms. The molecule has 234 valence electrons. The van der Waals surface area contributed by atoms with Gasteiger partial charge in [-0.3, -0.25) is 18.9 Å². The lowest BCUT2D eigenvalue weighted by Crippen LogP contribution is -2.69. The van der Waals surface area contributed by atoms with Gasteiger partial charge in [-0.25, -0.2) is 9.55 Å². The second-order valence-electron chi connectivity index (χ2n) is 10.6. The Bertz CT molecular complexity index is 1170. The first-order valence-electron chi connectivity index (χ1n) is 14.2. The number of imidazole rings is 1. The van der Waals surface area contributed by atoms with Gasteiger partial charge in [-0.2, -0.15) is 0 Å². The number of phosphoric acid groups is 1. The maximum Gasteiger partial charge on any atom is 0.469 e. The van der Waals surface area contributed by atoms with Gasteiger partial charge in [0, 0.05) is 24.9 Å². The molecule has 0 aliphatic carbocycles. The van der Waals surface area contributed by atoms with Crippen LogP contribution in [-0.4, -0.2) is 66.8 Å². The monoisotopic (exact) mass is 610 g/mol. The van der Waals surface area contributed by atoms with Crippen molar-refractivity contribution >= 4 is 25.4 Å². The van der Waals surface area contributed by atoms with E-state index in [9.17, 15) is 24.1 Å². The normalized spacial score (nSPS) is 14.6. The van der Waals surface area contributed by atoms with Crippen molar-refractivity contribution in [2.24, 2.45) is 11.7 Å². The number of amides is 2. The Morgan fingerprint density at radius 2 is 1.74 bits per heavy atom. The number of primary amides is 1. The van der Waals surface area contributed by atoms with Gasteiger partial charge in [0.05, 0.1) is 31.4 Å². The third-order valence-corrected chi connectivity index (χ3v) is 7.73. The minimum atomic E-state index is -4.94. The maximum absolute atomic E-state index is 12.8. The molecule has 14 heteroatoms. The van der Waals surface area contributed by atoms with Gasteiger partial charge in [0.2, 0.25) is 5.91 Å². The summed E-state index contributed by atoms with van der Waals surface area (Å²) in [4.78, 5) is 59.5. The average Bonchev–Trinajstić information content (AvgIpc) is 3.37. The molecule has 0 aliphatic heterocycles. The summed E-state index contributed by atoms with van der Waals surface area (Å²) in [6.07, 6.45) is 9.56. The van der Waals surface area contributed by atoms with E-state index < -0.39 is 62.6 Å². The minimum Gasteiger partial charge on any atom is -0.394 e. The van der Waals surface area contributed by atoms with Crippen LogP contribution in [-0.2, 0) is 42.9 Å². The van der Waals surface area contributed by atoms with Crippen LogP contribution in [0.5, 0.6) is 0 Å². The molecule has 0 spiro atoms. The topological polar surface area (TPSA) is 222 Å². The number of aliphatic hydroxyl groups is 1. The molecule has 1 heterocycles. The molecule has 0 unspecified atom stereocenters. The largest absolute Gasteiger partial charge is 0.469 e. The lowest BCUT2D eigenvalue weighted by atomic mass is 9.93. The number of aryl methyl sites for hydroxylation is 2. The number of quaternary nitrogens is 1. The number of aromatic nitrogens is 2. The second-order valence-corrected chi connectivity index (χ2v) is 11.8. The van der Waals surface area contributed by atoms with Crippen molar-refractivity contribution in [1.82, 2.24) is 14.9 Å². The Morgan fingerprint density at radius 1 is 1.10 bits per heavy atom. The van der Waals surface area contributed by atoms with E-state index in [1.165, 1.54) is 31.7 Å². The molecule has 2 rings (SSSR count). The predicted octanol–water partition coefficient (Wildman–Crippen LogP) is 0.655. The zero-order valence-corrected chi connectivity index (χ0v) is 25.0. The van der Waals surface area contributed by atoms with Crippen molar-refractivity contribution in [3.05, 3.63) is 54.1 Å². The lowest BCUT2D eigenvalue weighted by Gasteiger charge is -2.23. The first kappa shape index (κ1) is 35.3. The molecule has 0 aliphatic rings. The smallest absolute Gasteiger partial charge is 0.394 e. The summed E-state index contributed by atoms with van der Waals surface area (Å²) in [6, 6.07) is 8.33. The van der Waals surface area contributed by atoms with Gasteiger partial charge in [0.25, 0.3) is 5.91 Å². The van der Waals surface area contributed by atoms with Gasteiger partial charge in [-0.15, -0.1) is 0 Å². The lowest BCUT2D eigenvalue weighted by molar-refractivity contribution is -0.403. The molecule has 0 radical (unpaired) electrons. The number of carbonyl (C=O) groups excluding carboxylic acids is 3. The van der Waals surface area contributed by atoms with Crippen LogP contribution in [0.1, 0.15) is 63.1 Å². The van der Waals surface area contributed by atoms with Crippen molar-refractivity contribution in [3.63, 3.8) is 0 Å². The fraction of sp³-hybridized carbons (Fsp3) is 0.571. The minimum absolute atomic E-state index is 0.259. The van der Waals surface area contributed by atoms with E-state index in [0.29, 0.717) is 0 Å². The quantitative estimate of drug-likeness (QED) is 0.0861. The summed E-state index contributed by atoms with van der Waals surface area (Å²) in [5.41, 5.74) is 11.4. The zero-order chi connectivity index (χ0) is 31.1. The highest BCUT2D eigenvalue weighted by molar-refractivity contribution is 7.46. The van der Waals surface area contributed by atoms with E-state index in [1.807, 2.05) is 10.6 Å². The van der Waals surface area contributed by atoms with E-state index >= 15 is 0 Å². The third-order valence-electron chi connectivity index (χ3n) is 7.13. The standard InChI is InChI=1S/C28H44N5O8P/c1-20(41-42(38,39)40)23(27(30)36)16-26(35)25(18-34)32-28(37)24(29)15-22-17-31-19-33(22)14-10-5-3-2-4-7-11-21-12-8-6-9-13-21/h6,8-9,12-13,17,19-20,23-25,34H,2-5,7,10-11,14-16,18,29H2,1H3,(H2,30,36)(H,32,37)(H2,38,39,40)/p+1/t20-,23+,24+,25+/m1/s1. The summed E-state index contributed by atoms with van der Waals surface area (Å²) >= 11 is 0. The first-order chi connectivity index (χ1) is 19.9. The van der Waals surface area contributed by atoms with Crippen LogP contribution < -0.4 is 16.8 Å². The molecule has 42 heavy (non-hydrogen) atoms. The highest BCUT2D eigenvalue weighted by Gasteiger charge is 2.34. The molecule has 9 N–H and O–H groups in total. The number of benzene rings is 1. The Labute approximate surface area is 246 Å². The number of ketones is 1. The molecule has 1 aromatic heterocycles. The van der Waals surface area contributed by atoms with Crippen molar-refractivity contribution in [2.75, 3.05) is 6.61 Å². The third kappa shape index (κ3) is 12.9. The first-order valence-corrected chi connectivity index (χ1v) is 15.8. The summed E-state index contributed by atoms with van der Waals surface area (Å²) in [5.74, 6) is -3.72. The summed E-state index contributed by atoms with van der Waals surface area (Å²) in [5, 5.41) is 12.1. The highest BCUT2D eigenvalue weighted by atomic mass is 31.2. The fourth-order valence-corrected chi connectivity index (χ4v) is 5.27. The van der Waals surface area contributed by atoms with Gasteiger partial charge in [0.15, 0.2) is 11.8 Å². The summed E-state index contributed by atoms with van der Waals surface area (Å²) in [7, 11) is -4.94. The van der Waals surface area contributed by atoms with Crippen LogP contribution in [0.4, 0.5) is 0 Å². The number of rotatable bonds is 21. The predicted molar refractivity (Wildman–Crippen MR) is 154 cm³/mol. The SMILES string of the molecule is C[C@@H](OP(=O)(O)O)[C@H](CC(=O)[C@H](CO)NC(=O)[C@@H]([NH3+])Cc1cncn1CCCCCCCCc1ccccc1)C(N)=O. The summed E-state index contributed by atoms with van der Waals surface area (Å²) < 4.78 is 17.6. The Kier molecular flexibility index (Phi) is 15.0. The van der Waals surface area contributed by atoms with Gasteiger partial charge < -0.3 is 36.2 Å². The van der Waals surface area contributed by atoms with Gasteiger partial charge >= 0.3 is 7.82 Å². The van der Waals surface area contributed by atoms with Crippen LogP contribution >= 0.6 is 7.82 Å². The van der Waals surface area contributed by atoms with Crippen LogP contribution in [0.15, 0.2) is 42.9 Å². The molecule has 2 aromatic rings. The Morgan fingerprint density at radius 3 is 2.36 bits per heavy atom. The molecule has 1 aromatic carbocycles. The van der Waals surface area contributed by atoms with Gasteiger partial charge in [0.1, 0.15) is 6.04 Å². The van der Waals surface area contributed by atoms with Crippen molar-refractivity contribution in [2.45, 2.75) is 89.4 Å². The molecule has 2 amide bonds. The van der Waals surface area contributed by atoms with Crippen LogP contribution in [0.3, 0.4) is 0 Å². The number of nitrogens with zero attached hydrogens (tertiary/aromatic N) is 2. The van der Waals surface area contributed by atoms with Crippen LogP contribution in [0.2, 0.25) is 0 Å². The van der Waals surface area contributed by atoms with E-state index in [4.69, 9.17) is 15.5 Å². The van der Waals surface area contributed by atoms with Crippen LogP contribution in [0, 0.1) is 5.92 Å². The molecule has 13 nitrogen and oxygen atoms in total. The van der Waals surface area contributed by atoms with E-state index in [0.717, 1.165) is 37.9 Å². The molecule has 0 fully saturated rings. The molecule has 0 saturated heterocycles. The van der Waals surface area contributed by atoms with E-state index in [1.54, 1.807) is 12.5 Å². The maximum atomic E-state index is 12.8. The van der Waals surface area contributed by atoms with Crippen molar-refractivity contribution < 1.29 is 44.1 Å². The zero-order valence-electron chi connectivity index (χ0n) is 24.1. The Hall–Kier alpha value is -2.93. The number of nitrogens with one attached hydrogen (secondary N) is 1. The molecule has 0 saturated carbocycles. The number of aliphatic hydroxyl groups excluding tert-OH is 1. The average molecular weight is 611 g/mol. The van der Waals surface area contributed by atoms with Crippen molar-refractivity contribution in [3.8, 4) is 0 Å². The number of unbranched alkanes of at least 4 members (excludes halogenated alkanes) is 5. The number of carbonyl (C=O) groups is 3. The van der Waals surface area contributed by atoms with Crippen LogP contribution in [0.25, 0.3) is 0 Å². The van der Waals surface area contributed by atoms with E-state index in [2.05, 4.69) is 44.8 Å².